The van der Waals surface area contributed by atoms with Crippen molar-refractivity contribution in [2.45, 2.75) is 303 Å². The van der Waals surface area contributed by atoms with Crippen LogP contribution in [0.1, 0.15) is 297 Å². The third-order valence-electron chi connectivity index (χ3n) is 13.1. The van der Waals surface area contributed by atoms with Crippen LogP contribution in [-0.2, 0) is 28.6 Å². The fraction of sp³-hybridized carbons (Fsp3) is 0.742. The second-order valence-corrected chi connectivity index (χ2v) is 20.2. The van der Waals surface area contributed by atoms with Crippen LogP contribution in [0.2, 0.25) is 0 Å². The third kappa shape index (κ3) is 57.5. The molecule has 0 saturated heterocycles. The van der Waals surface area contributed by atoms with Crippen molar-refractivity contribution in [3.63, 3.8) is 0 Å². The van der Waals surface area contributed by atoms with Crippen molar-refractivity contribution in [3.8, 4) is 0 Å². The normalized spacial score (nSPS) is 12.7. The van der Waals surface area contributed by atoms with E-state index in [0.29, 0.717) is 19.3 Å². The molecule has 0 aromatic rings. The molecule has 6 heteroatoms. The van der Waals surface area contributed by atoms with Crippen molar-refractivity contribution in [2.75, 3.05) is 13.2 Å². The van der Waals surface area contributed by atoms with Crippen molar-refractivity contribution in [1.29, 1.82) is 0 Å². The molecular formula is C66H114O6. The van der Waals surface area contributed by atoms with Gasteiger partial charge in [-0.1, -0.05) is 273 Å². The van der Waals surface area contributed by atoms with Gasteiger partial charge in [0.25, 0.3) is 0 Å². The molecule has 0 aliphatic rings. The van der Waals surface area contributed by atoms with Crippen LogP contribution in [0.4, 0.5) is 0 Å². The van der Waals surface area contributed by atoms with E-state index >= 15 is 0 Å². The molecule has 0 aromatic heterocycles. The van der Waals surface area contributed by atoms with Crippen LogP contribution in [0.25, 0.3) is 0 Å². The topological polar surface area (TPSA) is 78.9 Å². The fourth-order valence-electron chi connectivity index (χ4n) is 8.63. The summed E-state index contributed by atoms with van der Waals surface area (Å²) in [6.45, 7) is 6.39. The Bertz CT molecular complexity index is 1380. The van der Waals surface area contributed by atoms with Crippen molar-refractivity contribution < 1.29 is 28.6 Å². The lowest BCUT2D eigenvalue weighted by molar-refractivity contribution is -0.167. The van der Waals surface area contributed by atoms with E-state index in [9.17, 15) is 14.4 Å². The molecule has 0 aliphatic carbocycles. The molecule has 0 fully saturated rings. The summed E-state index contributed by atoms with van der Waals surface area (Å²) in [5, 5.41) is 0. The summed E-state index contributed by atoms with van der Waals surface area (Å²) in [6, 6.07) is 0. The van der Waals surface area contributed by atoms with Gasteiger partial charge in [-0.05, 0) is 89.9 Å². The smallest absolute Gasteiger partial charge is 0.306 e. The summed E-state index contributed by atoms with van der Waals surface area (Å²) >= 11 is 0. The number of esters is 3. The number of unbranched alkanes of at least 4 members (excludes halogenated alkanes) is 30. The van der Waals surface area contributed by atoms with Gasteiger partial charge in [-0.15, -0.1) is 0 Å². The minimum absolute atomic E-state index is 0.0970. The van der Waals surface area contributed by atoms with Gasteiger partial charge in [0, 0.05) is 19.3 Å². The highest BCUT2D eigenvalue weighted by molar-refractivity contribution is 5.71. The number of allylic oxidation sites excluding steroid dienone is 14. The van der Waals surface area contributed by atoms with Crippen LogP contribution in [-0.4, -0.2) is 37.2 Å². The van der Waals surface area contributed by atoms with Crippen LogP contribution in [0.5, 0.6) is 0 Å². The molecule has 414 valence electrons. The number of rotatable bonds is 55. The minimum atomic E-state index is -0.805. The minimum Gasteiger partial charge on any atom is -0.462 e. The molecule has 72 heavy (non-hydrogen) atoms. The largest absolute Gasteiger partial charge is 0.462 e. The maximum Gasteiger partial charge on any atom is 0.306 e. The quantitative estimate of drug-likeness (QED) is 0.0261. The van der Waals surface area contributed by atoms with Gasteiger partial charge in [-0.25, -0.2) is 0 Å². The predicted molar refractivity (Wildman–Crippen MR) is 311 cm³/mol. The van der Waals surface area contributed by atoms with E-state index in [2.05, 4.69) is 106 Å². The summed E-state index contributed by atoms with van der Waals surface area (Å²) in [7, 11) is 0. The average molecular weight is 1000 g/mol. The maximum absolute atomic E-state index is 12.8. The van der Waals surface area contributed by atoms with E-state index in [-0.39, 0.29) is 37.5 Å². The molecule has 0 spiro atoms. The summed E-state index contributed by atoms with van der Waals surface area (Å²) in [6.07, 6.45) is 78.8. The van der Waals surface area contributed by atoms with Crippen LogP contribution in [0.15, 0.2) is 85.1 Å². The van der Waals surface area contributed by atoms with Crippen LogP contribution in [0.3, 0.4) is 0 Å². The van der Waals surface area contributed by atoms with Gasteiger partial charge >= 0.3 is 17.9 Å². The van der Waals surface area contributed by atoms with E-state index in [1.807, 2.05) is 0 Å². The molecular weight excluding hydrogens is 889 g/mol. The van der Waals surface area contributed by atoms with E-state index < -0.39 is 6.10 Å². The average Bonchev–Trinajstić information content (AvgIpc) is 3.38. The highest BCUT2D eigenvalue weighted by Gasteiger charge is 2.19. The maximum atomic E-state index is 12.8. The van der Waals surface area contributed by atoms with E-state index in [1.54, 1.807) is 0 Å². The van der Waals surface area contributed by atoms with Gasteiger partial charge in [0.1, 0.15) is 13.2 Å². The first-order valence-electron chi connectivity index (χ1n) is 30.6. The number of hydrogen-bond donors (Lipinski definition) is 0. The van der Waals surface area contributed by atoms with E-state index in [0.717, 1.165) is 116 Å². The van der Waals surface area contributed by atoms with Gasteiger partial charge < -0.3 is 14.2 Å². The Labute approximate surface area is 445 Å². The van der Waals surface area contributed by atoms with Crippen molar-refractivity contribution in [1.82, 2.24) is 0 Å². The van der Waals surface area contributed by atoms with Gasteiger partial charge in [-0.2, -0.15) is 0 Å². The second kappa shape index (κ2) is 60.1. The molecule has 0 amide bonds. The van der Waals surface area contributed by atoms with Crippen molar-refractivity contribution >= 4 is 17.9 Å². The van der Waals surface area contributed by atoms with Gasteiger partial charge in [0.2, 0.25) is 0 Å². The SMILES string of the molecule is CC/C=C\C/C=C\C/C=C\C/C=C\CCCCC(=O)OC(COC(=O)CCCCCCC/C=C\C/C=C\C/C=C\CC)COC(=O)CCCCCCCCCCCCCCCCCCCCCCCCCC. The van der Waals surface area contributed by atoms with E-state index in [1.165, 1.54) is 135 Å². The van der Waals surface area contributed by atoms with E-state index in [4.69, 9.17) is 14.2 Å². The third-order valence-corrected chi connectivity index (χ3v) is 13.1. The molecule has 0 saturated carbocycles. The standard InChI is InChI=1S/C66H114O6/c1-4-7-10-13-16-19-22-25-28-29-30-31-32-33-34-35-36-39-41-44-47-50-53-56-59-65(68)71-62-63(72-66(69)60-57-54-51-48-45-42-38-27-24-21-18-15-12-9-6-3)61-70-64(67)58-55-52-49-46-43-40-37-26-23-20-17-14-11-8-5-2/h8-9,11-12,17-18,20-21,26-27,37-38,45,48,63H,4-7,10,13-16,19,22-25,28-36,39-44,46-47,49-62H2,1-3H3/b11-8-,12-9-,20-17-,21-18-,37-26-,38-27-,48-45-. The highest BCUT2D eigenvalue weighted by atomic mass is 16.6. The molecule has 0 aliphatic heterocycles. The highest BCUT2D eigenvalue weighted by Crippen LogP contribution is 2.17. The van der Waals surface area contributed by atoms with Crippen LogP contribution in [0, 0.1) is 0 Å². The number of ether oxygens (including phenoxy) is 3. The zero-order valence-electron chi connectivity index (χ0n) is 47.4. The lowest BCUT2D eigenvalue weighted by Crippen LogP contribution is -2.30. The van der Waals surface area contributed by atoms with Crippen LogP contribution >= 0.6 is 0 Å². The molecule has 0 heterocycles. The second-order valence-electron chi connectivity index (χ2n) is 20.2. The Morgan fingerprint density at radius 1 is 0.292 bits per heavy atom. The van der Waals surface area contributed by atoms with Crippen molar-refractivity contribution in [2.24, 2.45) is 0 Å². The number of carbonyl (C=O) groups is 3. The Morgan fingerprint density at radius 3 is 0.875 bits per heavy atom. The van der Waals surface area contributed by atoms with Crippen LogP contribution < -0.4 is 0 Å². The van der Waals surface area contributed by atoms with Gasteiger partial charge in [-0.3, -0.25) is 14.4 Å². The Morgan fingerprint density at radius 2 is 0.542 bits per heavy atom. The first-order valence-corrected chi connectivity index (χ1v) is 30.6. The Balaban J connectivity index is 4.33. The fourth-order valence-corrected chi connectivity index (χ4v) is 8.63. The molecule has 0 radical (unpaired) electrons. The van der Waals surface area contributed by atoms with Gasteiger partial charge in [0.15, 0.2) is 6.10 Å². The molecule has 1 unspecified atom stereocenters. The lowest BCUT2D eigenvalue weighted by Gasteiger charge is -2.18. The first-order chi connectivity index (χ1) is 35.5. The predicted octanol–water partition coefficient (Wildman–Crippen LogP) is 20.7. The van der Waals surface area contributed by atoms with Gasteiger partial charge in [0.05, 0.1) is 0 Å². The first kappa shape index (κ1) is 68.6. The molecule has 0 rings (SSSR count). The number of carbonyl (C=O) groups excluding carboxylic acids is 3. The summed E-state index contributed by atoms with van der Waals surface area (Å²) in [4.78, 5) is 38.2. The Kier molecular flexibility index (Phi) is 57.3. The molecule has 1 atom stereocenters. The molecule has 0 N–H and O–H groups in total. The zero-order chi connectivity index (χ0) is 52.2. The molecule has 0 aromatic carbocycles. The molecule has 0 bridgehead atoms. The summed E-state index contributed by atoms with van der Waals surface area (Å²) in [5.74, 6) is -0.947. The zero-order valence-corrected chi connectivity index (χ0v) is 47.4. The summed E-state index contributed by atoms with van der Waals surface area (Å²) < 4.78 is 16.8. The van der Waals surface area contributed by atoms with Crippen molar-refractivity contribution in [3.05, 3.63) is 85.1 Å². The Hall–Kier alpha value is -3.41. The molecule has 6 nitrogen and oxygen atoms in total. The monoisotopic (exact) mass is 1000 g/mol. The lowest BCUT2D eigenvalue weighted by atomic mass is 10.0. The summed E-state index contributed by atoms with van der Waals surface area (Å²) in [5.41, 5.74) is 0. The number of hydrogen-bond acceptors (Lipinski definition) is 6.